The lowest BCUT2D eigenvalue weighted by molar-refractivity contribution is -0.116. The predicted molar refractivity (Wildman–Crippen MR) is 124 cm³/mol. The highest BCUT2D eigenvalue weighted by molar-refractivity contribution is 5.87. The molecular weight excluding hydrogens is 390 g/mol. The molecule has 162 valence electrons. The Morgan fingerprint density at radius 3 is 2.84 bits per heavy atom. The first-order chi connectivity index (χ1) is 15.2. The molecule has 6 nitrogen and oxygen atoms in total. The summed E-state index contributed by atoms with van der Waals surface area (Å²) in [7, 11) is 1.64. The zero-order valence-electron chi connectivity index (χ0n) is 18.1. The van der Waals surface area contributed by atoms with E-state index in [2.05, 4.69) is 22.5 Å². The first kappa shape index (κ1) is 22.2. The Kier molecular flexibility index (Phi) is 7.87. The van der Waals surface area contributed by atoms with Gasteiger partial charge < -0.3 is 19.4 Å². The van der Waals surface area contributed by atoms with Gasteiger partial charge in [0, 0.05) is 13.0 Å². The van der Waals surface area contributed by atoms with Gasteiger partial charge in [0.25, 0.3) is 0 Å². The molecule has 0 aliphatic heterocycles. The van der Waals surface area contributed by atoms with Crippen molar-refractivity contribution in [3.8, 4) is 11.5 Å². The average molecular weight is 420 g/mol. The number of amides is 1. The molecule has 1 amide bonds. The molecule has 0 aliphatic rings. The van der Waals surface area contributed by atoms with Crippen molar-refractivity contribution in [1.82, 2.24) is 14.9 Å². The molecule has 0 aliphatic carbocycles. The topological polar surface area (TPSA) is 65.4 Å². The van der Waals surface area contributed by atoms with Gasteiger partial charge in [0.2, 0.25) is 5.91 Å². The van der Waals surface area contributed by atoms with Crippen LogP contribution >= 0.6 is 0 Å². The van der Waals surface area contributed by atoms with E-state index in [0.29, 0.717) is 37.6 Å². The van der Waals surface area contributed by atoms with E-state index in [4.69, 9.17) is 14.5 Å². The quantitative estimate of drug-likeness (QED) is 0.376. The Balaban J connectivity index is 1.70. The Morgan fingerprint density at radius 1 is 1.23 bits per heavy atom. The Morgan fingerprint density at radius 2 is 2.06 bits per heavy atom. The van der Waals surface area contributed by atoms with E-state index in [-0.39, 0.29) is 5.91 Å². The van der Waals surface area contributed by atoms with Crippen LogP contribution in [0.4, 0.5) is 0 Å². The highest BCUT2D eigenvalue weighted by Crippen LogP contribution is 2.28. The second-order valence-corrected chi connectivity index (χ2v) is 7.04. The average Bonchev–Trinajstić information content (AvgIpc) is 3.12. The van der Waals surface area contributed by atoms with Gasteiger partial charge in [0.05, 0.1) is 24.7 Å². The molecule has 31 heavy (non-hydrogen) atoms. The third-order valence-corrected chi connectivity index (χ3v) is 4.88. The normalized spacial score (nSPS) is 11.0. The van der Waals surface area contributed by atoms with Crippen LogP contribution in [0.25, 0.3) is 11.0 Å². The summed E-state index contributed by atoms with van der Waals surface area (Å²) in [5.74, 6) is 2.24. The molecular formula is C25H29N3O3. The van der Waals surface area contributed by atoms with Crippen molar-refractivity contribution in [3.63, 3.8) is 0 Å². The van der Waals surface area contributed by atoms with E-state index >= 15 is 0 Å². The van der Waals surface area contributed by atoms with Crippen LogP contribution in [-0.4, -0.2) is 35.7 Å². The molecule has 3 aromatic rings. The second-order valence-electron chi connectivity index (χ2n) is 7.04. The van der Waals surface area contributed by atoms with Crippen molar-refractivity contribution in [3.05, 3.63) is 78.7 Å². The van der Waals surface area contributed by atoms with Gasteiger partial charge in [-0.15, -0.1) is 6.58 Å². The van der Waals surface area contributed by atoms with Crippen molar-refractivity contribution in [2.45, 2.75) is 26.3 Å². The van der Waals surface area contributed by atoms with Gasteiger partial charge in [-0.2, -0.15) is 0 Å². The maximum Gasteiger partial charge on any atom is 0.243 e. The summed E-state index contributed by atoms with van der Waals surface area (Å²) in [6.45, 7) is 7.22. The maximum absolute atomic E-state index is 11.7. The predicted octanol–water partition coefficient (Wildman–Crippen LogP) is 4.09. The van der Waals surface area contributed by atoms with Crippen LogP contribution in [0.1, 0.15) is 18.3 Å². The third kappa shape index (κ3) is 5.75. The third-order valence-electron chi connectivity index (χ3n) is 4.88. The number of imidazole rings is 1. The van der Waals surface area contributed by atoms with Gasteiger partial charge >= 0.3 is 0 Å². The molecule has 1 aromatic heterocycles. The Hall–Kier alpha value is -3.54. The van der Waals surface area contributed by atoms with Gasteiger partial charge in [0.1, 0.15) is 12.4 Å². The summed E-state index contributed by atoms with van der Waals surface area (Å²) in [6, 6.07) is 13.9. The Bertz CT molecular complexity index is 1070. The number of aromatic nitrogens is 2. The molecule has 6 heteroatoms. The summed E-state index contributed by atoms with van der Waals surface area (Å²) < 4.78 is 13.7. The van der Waals surface area contributed by atoms with Gasteiger partial charge in [0.15, 0.2) is 11.5 Å². The zero-order valence-corrected chi connectivity index (χ0v) is 18.1. The standard InChI is InChI=1S/C25H29N3O3/c1-4-8-19-12-13-22(23(18-19)30-3)31-17-16-28-21-11-7-6-10-20(21)27-24(28)14-15-26-25(29)9-5-2/h4-7,9-13,18H,1,8,14-17H2,2-3H3,(H,26,29)/b9-5+. The number of hydrogen-bond acceptors (Lipinski definition) is 4. The molecule has 0 radical (unpaired) electrons. The number of rotatable bonds is 11. The Labute approximate surface area is 183 Å². The van der Waals surface area contributed by atoms with Crippen LogP contribution in [0.5, 0.6) is 11.5 Å². The van der Waals surface area contributed by atoms with Crippen LogP contribution in [0.2, 0.25) is 0 Å². The molecule has 1 heterocycles. The highest BCUT2D eigenvalue weighted by Gasteiger charge is 2.12. The van der Waals surface area contributed by atoms with Gasteiger partial charge in [-0.05, 0) is 49.2 Å². The number of allylic oxidation sites excluding steroid dienone is 2. The number of nitrogens with zero attached hydrogens (tertiary/aromatic N) is 2. The SMILES string of the molecule is C=CCc1ccc(OCCn2c(CCNC(=O)/C=C/C)nc3ccccc32)c(OC)c1. The minimum Gasteiger partial charge on any atom is -0.493 e. The lowest BCUT2D eigenvalue weighted by atomic mass is 10.1. The van der Waals surface area contributed by atoms with Crippen LogP contribution in [-0.2, 0) is 24.2 Å². The number of nitrogens with one attached hydrogen (secondary N) is 1. The smallest absolute Gasteiger partial charge is 0.243 e. The molecule has 3 rings (SSSR count). The zero-order chi connectivity index (χ0) is 22.1. The molecule has 0 fully saturated rings. The van der Waals surface area contributed by atoms with E-state index in [1.165, 1.54) is 6.08 Å². The fraction of sp³-hybridized carbons (Fsp3) is 0.280. The van der Waals surface area contributed by atoms with Gasteiger partial charge in [-0.1, -0.05) is 30.4 Å². The van der Waals surface area contributed by atoms with Crippen molar-refractivity contribution < 1.29 is 14.3 Å². The molecule has 2 aromatic carbocycles. The summed E-state index contributed by atoms with van der Waals surface area (Å²) >= 11 is 0. The monoisotopic (exact) mass is 419 g/mol. The van der Waals surface area contributed by atoms with Crippen molar-refractivity contribution in [1.29, 1.82) is 0 Å². The summed E-state index contributed by atoms with van der Waals surface area (Å²) in [5.41, 5.74) is 3.11. The molecule has 0 spiro atoms. The lowest BCUT2D eigenvalue weighted by Crippen LogP contribution is -2.24. The van der Waals surface area contributed by atoms with Crippen molar-refractivity contribution in [2.75, 3.05) is 20.3 Å². The van der Waals surface area contributed by atoms with E-state index < -0.39 is 0 Å². The maximum atomic E-state index is 11.7. The number of carbonyl (C=O) groups is 1. The van der Waals surface area contributed by atoms with Crippen molar-refractivity contribution >= 4 is 16.9 Å². The second kappa shape index (κ2) is 11.0. The van der Waals surface area contributed by atoms with Gasteiger partial charge in [-0.3, -0.25) is 4.79 Å². The highest BCUT2D eigenvalue weighted by atomic mass is 16.5. The summed E-state index contributed by atoms with van der Waals surface area (Å²) in [6.07, 6.45) is 6.52. The number of ether oxygens (including phenoxy) is 2. The fourth-order valence-electron chi connectivity index (χ4n) is 3.45. The van der Waals surface area contributed by atoms with E-state index in [1.54, 1.807) is 13.2 Å². The molecule has 0 atom stereocenters. The van der Waals surface area contributed by atoms with Crippen LogP contribution in [0, 0.1) is 0 Å². The van der Waals surface area contributed by atoms with E-state index in [0.717, 1.165) is 28.8 Å². The number of methoxy groups -OCH3 is 1. The van der Waals surface area contributed by atoms with Gasteiger partial charge in [-0.25, -0.2) is 4.98 Å². The molecule has 0 saturated heterocycles. The summed E-state index contributed by atoms with van der Waals surface area (Å²) in [5, 5.41) is 2.88. The van der Waals surface area contributed by atoms with E-state index in [9.17, 15) is 4.79 Å². The number of fused-ring (bicyclic) bond motifs is 1. The van der Waals surface area contributed by atoms with Crippen LogP contribution in [0.3, 0.4) is 0 Å². The number of carbonyl (C=O) groups excluding carboxylic acids is 1. The minimum absolute atomic E-state index is 0.0968. The van der Waals surface area contributed by atoms with Crippen LogP contribution < -0.4 is 14.8 Å². The number of hydrogen-bond donors (Lipinski definition) is 1. The number of para-hydroxylation sites is 2. The first-order valence-corrected chi connectivity index (χ1v) is 10.4. The molecule has 0 saturated carbocycles. The first-order valence-electron chi connectivity index (χ1n) is 10.4. The van der Waals surface area contributed by atoms with Crippen molar-refractivity contribution in [2.24, 2.45) is 0 Å². The lowest BCUT2D eigenvalue weighted by Gasteiger charge is -2.14. The van der Waals surface area contributed by atoms with Crippen LogP contribution in [0.15, 0.2) is 67.3 Å². The molecule has 0 unspecified atom stereocenters. The largest absolute Gasteiger partial charge is 0.493 e. The number of benzene rings is 2. The minimum atomic E-state index is -0.0968. The fourth-order valence-corrected chi connectivity index (χ4v) is 3.45. The van der Waals surface area contributed by atoms with E-state index in [1.807, 2.05) is 49.4 Å². The molecule has 1 N–H and O–H groups in total. The molecule has 0 bridgehead atoms. The summed E-state index contributed by atoms with van der Waals surface area (Å²) in [4.78, 5) is 16.4.